The van der Waals surface area contributed by atoms with Crippen LogP contribution in [0.2, 0.25) is 0 Å². The summed E-state index contributed by atoms with van der Waals surface area (Å²) in [5.74, 6) is -0.277. The Balaban J connectivity index is 0. The third-order valence-corrected chi connectivity index (χ3v) is 1.33. The predicted molar refractivity (Wildman–Crippen MR) is 65.8 cm³/mol. The lowest BCUT2D eigenvalue weighted by molar-refractivity contribution is -0.139. The van der Waals surface area contributed by atoms with E-state index in [1.807, 2.05) is 13.8 Å². The van der Waals surface area contributed by atoms with E-state index < -0.39 is 0 Å². The molecule has 0 saturated heterocycles. The van der Waals surface area contributed by atoms with Gasteiger partial charge in [-0.15, -0.1) is 6.58 Å². The summed E-state index contributed by atoms with van der Waals surface area (Å²) in [6.45, 7) is 15.3. The van der Waals surface area contributed by atoms with Gasteiger partial charge in [-0.25, -0.2) is 4.79 Å². The van der Waals surface area contributed by atoms with Gasteiger partial charge in [0.2, 0.25) is 0 Å². The highest BCUT2D eigenvalue weighted by atomic mass is 16.5. The lowest BCUT2D eigenvalue weighted by Crippen LogP contribution is -2.05. The van der Waals surface area contributed by atoms with E-state index in [9.17, 15) is 4.79 Å². The SMILES string of the molecule is C=C(C)C.C=C(C)C(=O)OCCCCC. The largest absolute Gasteiger partial charge is 0.462 e. The number of hydrogen-bond donors (Lipinski definition) is 0. The average Bonchev–Trinajstić information content (AvgIpc) is 2.11. The molecular formula is C13H24O2. The van der Waals surface area contributed by atoms with Gasteiger partial charge in [-0.1, -0.05) is 31.9 Å². The van der Waals surface area contributed by atoms with Crippen molar-refractivity contribution in [2.75, 3.05) is 6.61 Å². The van der Waals surface area contributed by atoms with Crippen molar-refractivity contribution in [2.45, 2.75) is 47.0 Å². The molecule has 0 radical (unpaired) electrons. The van der Waals surface area contributed by atoms with Crippen LogP contribution in [0.5, 0.6) is 0 Å². The van der Waals surface area contributed by atoms with Crippen LogP contribution in [0.3, 0.4) is 0 Å². The average molecular weight is 212 g/mol. The molecule has 0 spiro atoms. The monoisotopic (exact) mass is 212 g/mol. The second-order valence-corrected chi connectivity index (χ2v) is 3.83. The van der Waals surface area contributed by atoms with Gasteiger partial charge in [0.05, 0.1) is 6.61 Å². The van der Waals surface area contributed by atoms with Crippen LogP contribution in [0.4, 0.5) is 0 Å². The van der Waals surface area contributed by atoms with Crippen molar-refractivity contribution in [2.24, 2.45) is 0 Å². The van der Waals surface area contributed by atoms with E-state index in [4.69, 9.17) is 4.74 Å². The Bertz CT molecular complexity index is 201. The minimum Gasteiger partial charge on any atom is -0.462 e. The molecular weight excluding hydrogens is 188 g/mol. The zero-order valence-corrected chi connectivity index (χ0v) is 10.6. The maximum atomic E-state index is 10.8. The molecule has 0 unspecified atom stereocenters. The molecule has 0 aromatic heterocycles. The fourth-order valence-corrected chi connectivity index (χ4v) is 0.640. The Morgan fingerprint density at radius 1 is 1.13 bits per heavy atom. The molecule has 0 aromatic rings. The lowest BCUT2D eigenvalue weighted by atomic mass is 10.3. The Hall–Kier alpha value is -1.05. The summed E-state index contributed by atoms with van der Waals surface area (Å²) in [6.07, 6.45) is 3.21. The molecule has 0 fully saturated rings. The van der Waals surface area contributed by atoms with E-state index in [-0.39, 0.29) is 5.97 Å². The fraction of sp³-hybridized carbons (Fsp3) is 0.615. The first-order valence-electron chi connectivity index (χ1n) is 5.36. The van der Waals surface area contributed by atoms with Crippen molar-refractivity contribution in [1.82, 2.24) is 0 Å². The van der Waals surface area contributed by atoms with Gasteiger partial charge >= 0.3 is 5.97 Å². The molecule has 15 heavy (non-hydrogen) atoms. The minimum atomic E-state index is -0.277. The molecule has 0 atom stereocenters. The van der Waals surface area contributed by atoms with Gasteiger partial charge in [0.15, 0.2) is 0 Å². The molecule has 88 valence electrons. The second-order valence-electron chi connectivity index (χ2n) is 3.83. The van der Waals surface area contributed by atoms with Crippen molar-refractivity contribution in [1.29, 1.82) is 0 Å². The topological polar surface area (TPSA) is 26.3 Å². The number of allylic oxidation sites excluding steroid dienone is 1. The molecule has 2 nitrogen and oxygen atoms in total. The molecule has 0 aromatic carbocycles. The summed E-state index contributed by atoms with van der Waals surface area (Å²) in [5, 5.41) is 0. The summed E-state index contributed by atoms with van der Waals surface area (Å²) < 4.78 is 4.87. The van der Waals surface area contributed by atoms with Crippen LogP contribution in [0.1, 0.15) is 47.0 Å². The van der Waals surface area contributed by atoms with E-state index in [1.54, 1.807) is 6.92 Å². The second kappa shape index (κ2) is 11.0. The van der Waals surface area contributed by atoms with Crippen LogP contribution in [-0.4, -0.2) is 12.6 Å². The Labute approximate surface area is 94.0 Å². The van der Waals surface area contributed by atoms with Crippen LogP contribution in [0.25, 0.3) is 0 Å². The van der Waals surface area contributed by atoms with Gasteiger partial charge in [-0.05, 0) is 27.2 Å². The molecule has 0 amide bonds. The fourth-order valence-electron chi connectivity index (χ4n) is 0.640. The number of carbonyl (C=O) groups is 1. The molecule has 0 bridgehead atoms. The Kier molecular flexibility index (Phi) is 12.0. The van der Waals surface area contributed by atoms with Crippen LogP contribution in [0, 0.1) is 0 Å². The molecule has 0 aliphatic carbocycles. The molecule has 0 N–H and O–H groups in total. The van der Waals surface area contributed by atoms with E-state index in [0.29, 0.717) is 12.2 Å². The lowest BCUT2D eigenvalue weighted by Gasteiger charge is -2.02. The van der Waals surface area contributed by atoms with Crippen molar-refractivity contribution in [3.63, 3.8) is 0 Å². The third-order valence-electron chi connectivity index (χ3n) is 1.33. The zero-order valence-electron chi connectivity index (χ0n) is 10.6. The zero-order chi connectivity index (χ0) is 12.3. The highest BCUT2D eigenvalue weighted by Gasteiger charge is 2.00. The van der Waals surface area contributed by atoms with E-state index in [0.717, 1.165) is 19.3 Å². The summed E-state index contributed by atoms with van der Waals surface area (Å²) >= 11 is 0. The van der Waals surface area contributed by atoms with Crippen molar-refractivity contribution in [3.8, 4) is 0 Å². The van der Waals surface area contributed by atoms with Crippen LogP contribution in [-0.2, 0) is 9.53 Å². The van der Waals surface area contributed by atoms with Gasteiger partial charge in [-0.2, -0.15) is 0 Å². The molecule has 0 heterocycles. The van der Waals surface area contributed by atoms with Gasteiger partial charge in [0, 0.05) is 5.57 Å². The molecule has 2 heteroatoms. The van der Waals surface area contributed by atoms with Gasteiger partial charge in [0.1, 0.15) is 0 Å². The molecule has 0 saturated carbocycles. The first-order valence-corrected chi connectivity index (χ1v) is 5.36. The first kappa shape index (κ1) is 16.4. The highest BCUT2D eigenvalue weighted by Crippen LogP contribution is 1.97. The predicted octanol–water partition coefficient (Wildman–Crippen LogP) is 3.88. The summed E-state index contributed by atoms with van der Waals surface area (Å²) in [5.41, 5.74) is 1.64. The van der Waals surface area contributed by atoms with Gasteiger partial charge in [0.25, 0.3) is 0 Å². The molecule has 0 aliphatic heterocycles. The van der Waals surface area contributed by atoms with Crippen LogP contribution in [0.15, 0.2) is 24.3 Å². The van der Waals surface area contributed by atoms with Crippen molar-refractivity contribution < 1.29 is 9.53 Å². The standard InChI is InChI=1S/C9H16O2.C4H8/c1-4-5-6-7-11-9(10)8(2)3;1-4(2)3/h2,4-7H2,1,3H3;1H2,2-3H3. The normalized spacial score (nSPS) is 8.53. The number of ether oxygens (including phenoxy) is 1. The third kappa shape index (κ3) is 19.4. The Morgan fingerprint density at radius 3 is 1.93 bits per heavy atom. The van der Waals surface area contributed by atoms with Crippen LogP contribution < -0.4 is 0 Å². The number of rotatable bonds is 5. The first-order chi connectivity index (χ1) is 6.91. The highest BCUT2D eigenvalue weighted by molar-refractivity contribution is 5.86. The van der Waals surface area contributed by atoms with Gasteiger partial charge in [-0.3, -0.25) is 0 Å². The number of unbranched alkanes of at least 4 members (excludes halogenated alkanes) is 2. The smallest absolute Gasteiger partial charge is 0.333 e. The number of carbonyl (C=O) groups excluding carboxylic acids is 1. The number of hydrogen-bond acceptors (Lipinski definition) is 2. The van der Waals surface area contributed by atoms with E-state index in [2.05, 4.69) is 20.1 Å². The van der Waals surface area contributed by atoms with Crippen molar-refractivity contribution >= 4 is 5.97 Å². The molecule has 0 rings (SSSR count). The maximum absolute atomic E-state index is 10.8. The molecule has 0 aliphatic rings. The number of esters is 1. The summed E-state index contributed by atoms with van der Waals surface area (Å²) in [6, 6.07) is 0. The summed E-state index contributed by atoms with van der Waals surface area (Å²) in [4.78, 5) is 10.8. The summed E-state index contributed by atoms with van der Waals surface area (Å²) in [7, 11) is 0. The van der Waals surface area contributed by atoms with Gasteiger partial charge < -0.3 is 4.74 Å². The minimum absolute atomic E-state index is 0.277. The maximum Gasteiger partial charge on any atom is 0.333 e. The quantitative estimate of drug-likeness (QED) is 0.299. The van der Waals surface area contributed by atoms with Crippen LogP contribution >= 0.6 is 0 Å². The van der Waals surface area contributed by atoms with Crippen molar-refractivity contribution in [3.05, 3.63) is 24.3 Å². The van der Waals surface area contributed by atoms with E-state index >= 15 is 0 Å². The Morgan fingerprint density at radius 2 is 1.60 bits per heavy atom. The van der Waals surface area contributed by atoms with E-state index in [1.165, 1.54) is 5.57 Å².